The third kappa shape index (κ3) is 9.57. The van der Waals surface area contributed by atoms with E-state index in [1.807, 2.05) is 6.55 Å². The molecule has 0 radical (unpaired) electrons. The standard InChI is InChI=1S/C24H44O7Si3/c1-18(2)17-22(34(12,30-32(6,7)8)31-33(9,10)11)29-21(25)16-14-19-13-15-20(26-3)24(28-5)23(19)27-4/h13-16,18,22H,17H2,1-12H3. The van der Waals surface area contributed by atoms with Gasteiger partial charge in [0.15, 0.2) is 28.1 Å². The molecule has 1 aromatic rings. The Morgan fingerprint density at radius 2 is 1.38 bits per heavy atom. The topological polar surface area (TPSA) is 72.5 Å². The maximum atomic E-state index is 13.0. The first-order valence-electron chi connectivity index (χ1n) is 11.6. The second-order valence-corrected chi connectivity index (χ2v) is 23.5. The summed E-state index contributed by atoms with van der Waals surface area (Å²) in [6.07, 6.45) is 3.75. The highest BCUT2D eigenvalue weighted by molar-refractivity contribution is 6.88. The van der Waals surface area contributed by atoms with Crippen LogP contribution in [0.5, 0.6) is 17.2 Å². The van der Waals surface area contributed by atoms with Crippen LogP contribution in [0.1, 0.15) is 25.8 Å². The molecule has 0 aliphatic carbocycles. The zero-order chi connectivity index (χ0) is 26.3. The van der Waals surface area contributed by atoms with Crippen molar-refractivity contribution in [3.05, 3.63) is 23.8 Å². The van der Waals surface area contributed by atoms with E-state index in [4.69, 9.17) is 27.2 Å². The van der Waals surface area contributed by atoms with Crippen LogP contribution in [0.4, 0.5) is 0 Å². The van der Waals surface area contributed by atoms with Crippen LogP contribution in [0.3, 0.4) is 0 Å². The van der Waals surface area contributed by atoms with E-state index in [1.165, 1.54) is 6.08 Å². The van der Waals surface area contributed by atoms with Crippen molar-refractivity contribution in [2.24, 2.45) is 5.92 Å². The maximum Gasteiger partial charge on any atom is 0.356 e. The number of esters is 1. The minimum atomic E-state index is -2.84. The van der Waals surface area contributed by atoms with E-state index in [0.717, 1.165) is 0 Å². The molecule has 0 saturated heterocycles. The Labute approximate surface area is 209 Å². The lowest BCUT2D eigenvalue weighted by Gasteiger charge is -2.42. The van der Waals surface area contributed by atoms with Crippen molar-refractivity contribution in [1.82, 2.24) is 0 Å². The molecule has 1 rings (SSSR count). The lowest BCUT2D eigenvalue weighted by Crippen LogP contribution is -2.61. The third-order valence-electron chi connectivity index (χ3n) is 4.68. The van der Waals surface area contributed by atoms with Crippen LogP contribution >= 0.6 is 0 Å². The van der Waals surface area contributed by atoms with Gasteiger partial charge in [-0.1, -0.05) is 13.8 Å². The first-order chi connectivity index (χ1) is 15.5. The van der Waals surface area contributed by atoms with Gasteiger partial charge in [-0.25, -0.2) is 4.79 Å². The Kier molecular flexibility index (Phi) is 11.1. The van der Waals surface area contributed by atoms with Crippen LogP contribution < -0.4 is 14.2 Å². The van der Waals surface area contributed by atoms with Crippen molar-refractivity contribution in [2.75, 3.05) is 21.3 Å². The monoisotopic (exact) mass is 528 g/mol. The van der Waals surface area contributed by atoms with Crippen LogP contribution in [0.15, 0.2) is 18.2 Å². The van der Waals surface area contributed by atoms with Gasteiger partial charge in [0.05, 0.1) is 21.3 Å². The summed E-state index contributed by atoms with van der Waals surface area (Å²) < 4.78 is 35.6. The minimum absolute atomic E-state index is 0.315. The average molecular weight is 529 g/mol. The summed E-state index contributed by atoms with van der Waals surface area (Å²) in [7, 11) is -2.10. The first-order valence-corrected chi connectivity index (χ1v) is 20.8. The summed E-state index contributed by atoms with van der Waals surface area (Å²) in [4.78, 5) is 13.0. The van der Waals surface area contributed by atoms with E-state index in [0.29, 0.717) is 35.2 Å². The van der Waals surface area contributed by atoms with Gasteiger partial charge in [0.25, 0.3) is 0 Å². The van der Waals surface area contributed by atoms with Gasteiger partial charge in [-0.05, 0) is 76.4 Å². The van der Waals surface area contributed by atoms with Crippen LogP contribution in [0, 0.1) is 5.92 Å². The number of carbonyl (C=O) groups excluding carboxylic acids is 1. The van der Waals surface area contributed by atoms with Crippen molar-refractivity contribution < 1.29 is 32.0 Å². The Hall–Kier alpha value is -1.60. The van der Waals surface area contributed by atoms with E-state index in [1.54, 1.807) is 39.5 Å². The summed E-state index contributed by atoms with van der Waals surface area (Å²) in [6, 6.07) is 3.57. The van der Waals surface area contributed by atoms with Crippen LogP contribution in [0.25, 0.3) is 6.08 Å². The predicted octanol–water partition coefficient (Wildman–Crippen LogP) is 6.00. The van der Waals surface area contributed by atoms with E-state index in [9.17, 15) is 4.79 Å². The molecule has 1 aromatic carbocycles. The highest BCUT2D eigenvalue weighted by Crippen LogP contribution is 2.40. The summed E-state index contributed by atoms with van der Waals surface area (Å²) in [5.41, 5.74) is 0.254. The SMILES string of the molecule is COc1ccc(C=CC(=O)OC(CC(C)C)[Si](C)(O[Si](C)(C)C)O[Si](C)(C)C)c(OC)c1OC. The molecule has 0 aromatic heterocycles. The van der Waals surface area contributed by atoms with Crippen molar-refractivity contribution in [3.63, 3.8) is 0 Å². The molecule has 0 amide bonds. The van der Waals surface area contributed by atoms with Gasteiger partial charge >= 0.3 is 14.5 Å². The molecule has 0 heterocycles. The van der Waals surface area contributed by atoms with Crippen LogP contribution in [-0.4, -0.2) is 58.2 Å². The Morgan fingerprint density at radius 3 is 1.79 bits per heavy atom. The molecule has 0 aliphatic rings. The number of ether oxygens (including phenoxy) is 4. The summed E-state index contributed by atoms with van der Waals surface area (Å²) >= 11 is 0. The molecule has 194 valence electrons. The summed E-state index contributed by atoms with van der Waals surface area (Å²) in [6.45, 7) is 19.1. The average Bonchev–Trinajstić information content (AvgIpc) is 2.67. The highest BCUT2D eigenvalue weighted by Gasteiger charge is 2.49. The van der Waals surface area contributed by atoms with E-state index in [-0.39, 0.29) is 0 Å². The van der Waals surface area contributed by atoms with Crippen molar-refractivity contribution >= 4 is 37.2 Å². The molecule has 0 bridgehead atoms. The molecule has 1 atom stereocenters. The maximum absolute atomic E-state index is 13.0. The third-order valence-corrected chi connectivity index (χ3v) is 14.3. The molecule has 7 nitrogen and oxygen atoms in total. The van der Waals surface area contributed by atoms with Crippen molar-refractivity contribution in [3.8, 4) is 17.2 Å². The second-order valence-electron chi connectivity index (χ2n) is 10.8. The Bertz CT molecular complexity index is 826. The molecule has 1 unspecified atom stereocenters. The predicted molar refractivity (Wildman–Crippen MR) is 145 cm³/mol. The fourth-order valence-corrected chi connectivity index (χ4v) is 16.3. The molecular weight excluding hydrogens is 485 g/mol. The lowest BCUT2D eigenvalue weighted by molar-refractivity contribution is -0.141. The Balaban J connectivity index is 3.28. The quantitative estimate of drug-likeness (QED) is 0.177. The second kappa shape index (κ2) is 12.4. The smallest absolute Gasteiger partial charge is 0.356 e. The lowest BCUT2D eigenvalue weighted by atomic mass is 10.1. The van der Waals surface area contributed by atoms with E-state index < -0.39 is 36.9 Å². The number of methoxy groups -OCH3 is 3. The van der Waals surface area contributed by atoms with Gasteiger partial charge in [-0.3, -0.25) is 0 Å². The molecule has 34 heavy (non-hydrogen) atoms. The summed E-state index contributed by atoms with van der Waals surface area (Å²) in [5, 5.41) is 0. The van der Waals surface area contributed by atoms with Gasteiger partial charge in [0.2, 0.25) is 5.75 Å². The van der Waals surface area contributed by atoms with E-state index >= 15 is 0 Å². The highest BCUT2D eigenvalue weighted by atomic mass is 28.5. The molecule has 0 spiro atoms. The fourth-order valence-electron chi connectivity index (χ4n) is 3.76. The molecule has 10 heteroatoms. The van der Waals surface area contributed by atoms with E-state index in [2.05, 4.69) is 53.1 Å². The number of hydrogen-bond donors (Lipinski definition) is 0. The molecule has 0 aliphatic heterocycles. The number of benzene rings is 1. The van der Waals surface area contributed by atoms with Gasteiger partial charge in [0, 0.05) is 11.6 Å². The number of carbonyl (C=O) groups is 1. The molecular formula is C24H44O7Si3. The Morgan fingerprint density at radius 1 is 0.853 bits per heavy atom. The van der Waals surface area contributed by atoms with Gasteiger partial charge in [-0.2, -0.15) is 0 Å². The van der Waals surface area contributed by atoms with Crippen LogP contribution in [-0.2, 0) is 17.8 Å². The number of hydrogen-bond acceptors (Lipinski definition) is 7. The van der Waals surface area contributed by atoms with Gasteiger partial charge in [-0.15, -0.1) is 0 Å². The van der Waals surface area contributed by atoms with Crippen molar-refractivity contribution in [1.29, 1.82) is 0 Å². The van der Waals surface area contributed by atoms with Crippen LogP contribution in [0.2, 0.25) is 45.8 Å². The number of rotatable bonds is 13. The normalized spacial score (nSPS) is 13.8. The fraction of sp³-hybridized carbons (Fsp3) is 0.625. The molecule has 0 N–H and O–H groups in total. The largest absolute Gasteiger partial charge is 0.493 e. The zero-order valence-electron chi connectivity index (χ0n) is 23.0. The zero-order valence-corrected chi connectivity index (χ0v) is 26.0. The van der Waals surface area contributed by atoms with Crippen molar-refractivity contribution in [2.45, 2.75) is 71.8 Å². The van der Waals surface area contributed by atoms with Gasteiger partial charge < -0.3 is 27.2 Å². The van der Waals surface area contributed by atoms with Gasteiger partial charge in [0.1, 0.15) is 5.73 Å². The molecule has 0 fully saturated rings. The first kappa shape index (κ1) is 30.4. The minimum Gasteiger partial charge on any atom is -0.493 e. The molecule has 0 saturated carbocycles. The summed E-state index contributed by atoms with van der Waals surface area (Å²) in [5.74, 6) is 1.36.